The number of aromatic nitrogens is 3. The summed E-state index contributed by atoms with van der Waals surface area (Å²) in [4.78, 5) is 10.5. The molecule has 106 valence electrons. The number of ether oxygens (including phenoxy) is 1. The summed E-state index contributed by atoms with van der Waals surface area (Å²) in [5, 5.41) is 16.9. The summed E-state index contributed by atoms with van der Waals surface area (Å²) in [6.07, 6.45) is 0.459. The Morgan fingerprint density at radius 1 is 1.45 bits per heavy atom. The molecule has 0 radical (unpaired) electrons. The highest BCUT2D eigenvalue weighted by Gasteiger charge is 2.13. The summed E-state index contributed by atoms with van der Waals surface area (Å²) in [5.41, 5.74) is 0.934. The van der Waals surface area contributed by atoms with Crippen LogP contribution in [0.1, 0.15) is 11.4 Å². The summed E-state index contributed by atoms with van der Waals surface area (Å²) < 4.78 is 6.57. The van der Waals surface area contributed by atoms with Crippen molar-refractivity contribution in [3.05, 3.63) is 35.7 Å². The molecule has 3 N–H and O–H groups in total. The van der Waals surface area contributed by atoms with Gasteiger partial charge in [-0.2, -0.15) is 0 Å². The largest absolute Gasteiger partial charge is 0.496 e. The maximum atomic E-state index is 10.5. The Bertz CT molecular complexity index is 614. The van der Waals surface area contributed by atoms with Gasteiger partial charge in [0, 0.05) is 12.0 Å². The van der Waals surface area contributed by atoms with Crippen molar-refractivity contribution >= 4 is 17.7 Å². The summed E-state index contributed by atoms with van der Waals surface area (Å²) >= 11 is 1.03. The second-order valence-electron chi connectivity index (χ2n) is 3.94. The first-order valence-corrected chi connectivity index (χ1v) is 6.76. The number of carbonyl (C=O) groups is 1. The van der Waals surface area contributed by atoms with Crippen molar-refractivity contribution in [2.75, 3.05) is 18.7 Å². The maximum absolute atomic E-state index is 10.5. The van der Waals surface area contributed by atoms with E-state index in [9.17, 15) is 4.79 Å². The number of nitrogen functional groups attached to an aromatic ring is 1. The average Bonchev–Trinajstić information content (AvgIpc) is 2.78. The number of carboxylic acid groups (broad SMARTS) is 1. The van der Waals surface area contributed by atoms with E-state index in [1.807, 2.05) is 24.3 Å². The number of para-hydroxylation sites is 1. The SMILES string of the molecule is COc1ccccc1Cc1nnc(SCC(=O)O)n1N. The van der Waals surface area contributed by atoms with Gasteiger partial charge in [-0.3, -0.25) is 4.79 Å². The maximum Gasteiger partial charge on any atom is 0.313 e. The molecule has 0 fully saturated rings. The van der Waals surface area contributed by atoms with Gasteiger partial charge in [0.05, 0.1) is 12.9 Å². The monoisotopic (exact) mass is 294 g/mol. The molecule has 0 saturated heterocycles. The van der Waals surface area contributed by atoms with Crippen LogP contribution in [0.25, 0.3) is 0 Å². The predicted octanol–water partition coefficient (Wildman–Crippen LogP) is 0.768. The molecule has 0 bridgehead atoms. The van der Waals surface area contributed by atoms with Gasteiger partial charge in [0.15, 0.2) is 5.82 Å². The van der Waals surface area contributed by atoms with Gasteiger partial charge < -0.3 is 15.7 Å². The number of carboxylic acids is 1. The van der Waals surface area contributed by atoms with Crippen LogP contribution in [0.15, 0.2) is 29.4 Å². The molecule has 0 atom stereocenters. The first kappa shape index (κ1) is 14.2. The lowest BCUT2D eigenvalue weighted by Gasteiger charge is -2.07. The minimum Gasteiger partial charge on any atom is -0.496 e. The molecular weight excluding hydrogens is 280 g/mol. The number of hydrogen-bond donors (Lipinski definition) is 2. The molecule has 0 unspecified atom stereocenters. The Kier molecular flexibility index (Phi) is 4.46. The molecule has 1 aromatic heterocycles. The number of benzene rings is 1. The normalized spacial score (nSPS) is 10.4. The lowest BCUT2D eigenvalue weighted by atomic mass is 10.1. The van der Waals surface area contributed by atoms with Gasteiger partial charge >= 0.3 is 5.97 Å². The van der Waals surface area contributed by atoms with Gasteiger partial charge in [-0.1, -0.05) is 30.0 Å². The topological polar surface area (TPSA) is 103 Å². The summed E-state index contributed by atoms with van der Waals surface area (Å²) in [7, 11) is 1.60. The van der Waals surface area contributed by atoms with E-state index in [1.165, 1.54) is 4.68 Å². The van der Waals surface area contributed by atoms with Gasteiger partial charge in [-0.25, -0.2) is 4.68 Å². The van der Waals surface area contributed by atoms with Crippen LogP contribution in [0.5, 0.6) is 5.75 Å². The molecule has 0 aliphatic carbocycles. The zero-order chi connectivity index (χ0) is 14.5. The third kappa shape index (κ3) is 3.21. The lowest BCUT2D eigenvalue weighted by molar-refractivity contribution is -0.133. The molecule has 0 amide bonds. The molecule has 0 aliphatic rings. The number of nitrogens with zero attached hydrogens (tertiary/aromatic N) is 3. The van der Waals surface area contributed by atoms with E-state index in [0.29, 0.717) is 17.4 Å². The number of methoxy groups -OCH3 is 1. The molecule has 1 aromatic carbocycles. The summed E-state index contributed by atoms with van der Waals surface area (Å²) in [5.74, 6) is 6.12. The Labute approximate surface area is 119 Å². The van der Waals surface area contributed by atoms with Gasteiger partial charge in [0.1, 0.15) is 5.75 Å². The van der Waals surface area contributed by atoms with Crippen LogP contribution in [-0.4, -0.2) is 38.8 Å². The van der Waals surface area contributed by atoms with E-state index in [-0.39, 0.29) is 5.75 Å². The van der Waals surface area contributed by atoms with Crippen LogP contribution in [0.2, 0.25) is 0 Å². The fraction of sp³-hybridized carbons (Fsp3) is 0.250. The molecule has 0 spiro atoms. The van der Waals surface area contributed by atoms with Crippen molar-refractivity contribution in [2.24, 2.45) is 0 Å². The number of rotatable bonds is 6. The van der Waals surface area contributed by atoms with Crippen LogP contribution in [0, 0.1) is 0 Å². The highest BCUT2D eigenvalue weighted by molar-refractivity contribution is 7.99. The summed E-state index contributed by atoms with van der Waals surface area (Å²) in [6, 6.07) is 7.54. The minimum absolute atomic E-state index is 0.107. The second kappa shape index (κ2) is 6.29. The number of thioether (sulfide) groups is 1. The fourth-order valence-electron chi connectivity index (χ4n) is 1.67. The van der Waals surface area contributed by atoms with E-state index in [4.69, 9.17) is 15.7 Å². The first-order chi connectivity index (χ1) is 9.61. The molecule has 8 heteroatoms. The number of hydrogen-bond acceptors (Lipinski definition) is 6. The van der Waals surface area contributed by atoms with Crippen LogP contribution in [0.3, 0.4) is 0 Å². The molecule has 0 aliphatic heterocycles. The van der Waals surface area contributed by atoms with Crippen molar-refractivity contribution in [1.82, 2.24) is 14.9 Å². The van der Waals surface area contributed by atoms with E-state index < -0.39 is 5.97 Å². The third-order valence-corrected chi connectivity index (χ3v) is 3.53. The van der Waals surface area contributed by atoms with Gasteiger partial charge in [0.25, 0.3) is 0 Å². The van der Waals surface area contributed by atoms with Crippen LogP contribution >= 0.6 is 11.8 Å². The molecule has 1 heterocycles. The third-order valence-electron chi connectivity index (χ3n) is 2.60. The average molecular weight is 294 g/mol. The highest BCUT2D eigenvalue weighted by atomic mass is 32.2. The Hall–Kier alpha value is -2.22. The molecular formula is C12H14N4O3S. The number of nitrogens with two attached hydrogens (primary N) is 1. The van der Waals surface area contributed by atoms with Crippen molar-refractivity contribution in [3.8, 4) is 5.75 Å². The van der Waals surface area contributed by atoms with Crippen molar-refractivity contribution in [2.45, 2.75) is 11.6 Å². The first-order valence-electron chi connectivity index (χ1n) is 5.77. The van der Waals surface area contributed by atoms with Gasteiger partial charge in [0.2, 0.25) is 5.16 Å². The Balaban J connectivity index is 2.16. The van der Waals surface area contributed by atoms with Crippen LogP contribution in [-0.2, 0) is 11.2 Å². The van der Waals surface area contributed by atoms with Crippen molar-refractivity contribution in [3.63, 3.8) is 0 Å². The van der Waals surface area contributed by atoms with Crippen molar-refractivity contribution in [1.29, 1.82) is 0 Å². The Morgan fingerprint density at radius 3 is 2.90 bits per heavy atom. The molecule has 20 heavy (non-hydrogen) atoms. The van der Waals surface area contributed by atoms with Gasteiger partial charge in [-0.05, 0) is 6.07 Å². The van der Waals surface area contributed by atoms with Crippen molar-refractivity contribution < 1.29 is 14.6 Å². The molecule has 0 saturated carbocycles. The van der Waals surface area contributed by atoms with Gasteiger partial charge in [-0.15, -0.1) is 10.2 Å². The molecule has 7 nitrogen and oxygen atoms in total. The smallest absolute Gasteiger partial charge is 0.313 e. The van der Waals surface area contributed by atoms with Crippen LogP contribution in [0.4, 0.5) is 0 Å². The van der Waals surface area contributed by atoms with E-state index in [2.05, 4.69) is 10.2 Å². The number of aliphatic carboxylic acids is 1. The molecule has 2 aromatic rings. The Morgan fingerprint density at radius 2 is 2.20 bits per heavy atom. The zero-order valence-corrected chi connectivity index (χ0v) is 11.6. The minimum atomic E-state index is -0.927. The van der Waals surface area contributed by atoms with E-state index in [0.717, 1.165) is 23.1 Å². The predicted molar refractivity (Wildman–Crippen MR) is 74.3 cm³/mol. The van der Waals surface area contributed by atoms with E-state index >= 15 is 0 Å². The fourth-order valence-corrected chi connectivity index (χ4v) is 2.27. The zero-order valence-electron chi connectivity index (χ0n) is 10.8. The second-order valence-corrected chi connectivity index (χ2v) is 4.88. The molecule has 2 rings (SSSR count). The highest BCUT2D eigenvalue weighted by Crippen LogP contribution is 2.21. The quantitative estimate of drug-likeness (QED) is 0.599. The standard InChI is InChI=1S/C12H14N4O3S/c1-19-9-5-3-2-4-8(9)6-10-14-15-12(16(10)13)20-7-11(17)18/h2-5H,6-7,13H2,1H3,(H,17,18). The van der Waals surface area contributed by atoms with E-state index in [1.54, 1.807) is 7.11 Å². The van der Waals surface area contributed by atoms with Crippen LogP contribution < -0.4 is 10.6 Å². The summed E-state index contributed by atoms with van der Waals surface area (Å²) in [6.45, 7) is 0. The lowest BCUT2D eigenvalue weighted by Crippen LogP contribution is -2.15.